The van der Waals surface area contributed by atoms with E-state index in [0.717, 1.165) is 37.2 Å². The van der Waals surface area contributed by atoms with Gasteiger partial charge in [0.15, 0.2) is 11.6 Å². The van der Waals surface area contributed by atoms with E-state index in [0.29, 0.717) is 18.2 Å². The zero-order valence-corrected chi connectivity index (χ0v) is 19.0. The van der Waals surface area contributed by atoms with E-state index in [1.807, 2.05) is 42.5 Å². The van der Waals surface area contributed by atoms with Crippen molar-refractivity contribution in [3.63, 3.8) is 0 Å². The number of likely N-dealkylation sites (tertiary alicyclic amines) is 1. The lowest BCUT2D eigenvalue weighted by Gasteiger charge is -2.32. The zero-order valence-electron chi connectivity index (χ0n) is 18.3. The lowest BCUT2D eigenvalue weighted by Crippen LogP contribution is -2.43. The second-order valence-electron chi connectivity index (χ2n) is 8.14. The summed E-state index contributed by atoms with van der Waals surface area (Å²) in [7, 11) is 0. The Labute approximate surface area is 198 Å². The fourth-order valence-corrected chi connectivity index (χ4v) is 4.18. The topological polar surface area (TPSA) is 54.5 Å². The molecule has 0 saturated carbocycles. The molecule has 1 aromatic heterocycles. The number of carbonyl (C=O) groups is 1. The molecule has 2 heterocycles. The number of pyridine rings is 1. The van der Waals surface area contributed by atoms with Crippen molar-refractivity contribution in [3.05, 3.63) is 95.0 Å². The molecule has 33 heavy (non-hydrogen) atoms. The lowest BCUT2D eigenvalue weighted by molar-refractivity contribution is -0.127. The average Bonchev–Trinajstić information content (AvgIpc) is 2.85. The van der Waals surface area contributed by atoms with Crippen LogP contribution >= 0.6 is 11.6 Å². The van der Waals surface area contributed by atoms with Crippen LogP contribution in [0.5, 0.6) is 5.75 Å². The van der Waals surface area contributed by atoms with Gasteiger partial charge in [-0.25, -0.2) is 4.39 Å². The number of rotatable bonds is 8. The molecule has 1 aliphatic rings. The first-order valence-electron chi connectivity index (χ1n) is 11.2. The van der Waals surface area contributed by atoms with Crippen LogP contribution in [0.15, 0.2) is 72.9 Å². The summed E-state index contributed by atoms with van der Waals surface area (Å²) in [5, 5.41) is 3.84. The fourth-order valence-electron chi connectivity index (χ4n) is 4.06. The van der Waals surface area contributed by atoms with Gasteiger partial charge in [-0.2, -0.15) is 0 Å². The van der Waals surface area contributed by atoms with Crippen molar-refractivity contribution in [1.82, 2.24) is 15.2 Å². The molecule has 1 saturated heterocycles. The second kappa shape index (κ2) is 11.3. The predicted molar refractivity (Wildman–Crippen MR) is 127 cm³/mol. The highest BCUT2D eigenvalue weighted by Crippen LogP contribution is 2.25. The van der Waals surface area contributed by atoms with E-state index in [-0.39, 0.29) is 29.4 Å². The Bertz CT molecular complexity index is 1040. The molecule has 2 aromatic carbocycles. The normalized spacial score (nSPS) is 15.7. The number of amides is 1. The summed E-state index contributed by atoms with van der Waals surface area (Å²) in [6.07, 6.45) is 3.26. The summed E-state index contributed by atoms with van der Waals surface area (Å²) in [4.78, 5) is 19.8. The monoisotopic (exact) mass is 467 g/mol. The summed E-state index contributed by atoms with van der Waals surface area (Å²) < 4.78 is 19.2. The van der Waals surface area contributed by atoms with Crippen molar-refractivity contribution in [2.24, 2.45) is 5.92 Å². The van der Waals surface area contributed by atoms with Crippen LogP contribution in [0.4, 0.5) is 4.39 Å². The van der Waals surface area contributed by atoms with E-state index in [4.69, 9.17) is 16.3 Å². The zero-order chi connectivity index (χ0) is 23.0. The van der Waals surface area contributed by atoms with Gasteiger partial charge in [0, 0.05) is 23.7 Å². The van der Waals surface area contributed by atoms with Crippen molar-refractivity contribution >= 4 is 17.5 Å². The van der Waals surface area contributed by atoms with Crippen LogP contribution in [0.3, 0.4) is 0 Å². The maximum absolute atomic E-state index is 13.7. The summed E-state index contributed by atoms with van der Waals surface area (Å²) in [5.41, 5.74) is 1.73. The highest BCUT2D eigenvalue weighted by Gasteiger charge is 2.27. The van der Waals surface area contributed by atoms with Gasteiger partial charge in [0.1, 0.15) is 6.61 Å². The standard InChI is InChI=1S/C26H27ClFN3O2/c27-21-10-8-19(9-11-21)25(23-6-3-4-14-29-23)30-26(32)20-12-15-31(16-13-20)17-18-33-24-7-2-1-5-22(24)28/h1-11,14,20,25H,12-13,15-18H2,(H,30,32)/t25-/m0/s1. The molecular weight excluding hydrogens is 441 g/mol. The van der Waals surface area contributed by atoms with Crippen LogP contribution in [0, 0.1) is 11.7 Å². The number of hydrogen-bond acceptors (Lipinski definition) is 4. The Kier molecular flexibility index (Phi) is 7.92. The van der Waals surface area contributed by atoms with Gasteiger partial charge in [0.2, 0.25) is 5.91 Å². The van der Waals surface area contributed by atoms with E-state index in [1.54, 1.807) is 24.4 Å². The Morgan fingerprint density at radius 1 is 1.09 bits per heavy atom. The largest absolute Gasteiger partial charge is 0.489 e. The third-order valence-corrected chi connectivity index (χ3v) is 6.19. The van der Waals surface area contributed by atoms with Gasteiger partial charge < -0.3 is 10.1 Å². The lowest BCUT2D eigenvalue weighted by atomic mass is 9.94. The number of hydrogen-bond donors (Lipinski definition) is 1. The van der Waals surface area contributed by atoms with Gasteiger partial charge in [-0.3, -0.25) is 14.7 Å². The summed E-state index contributed by atoms with van der Waals surface area (Å²) in [6, 6.07) is 19.2. The molecule has 1 N–H and O–H groups in total. The molecule has 7 heteroatoms. The molecule has 4 rings (SSSR count). The maximum atomic E-state index is 13.7. The van der Waals surface area contributed by atoms with Crippen LogP contribution in [0.25, 0.3) is 0 Å². The molecule has 1 aliphatic heterocycles. The van der Waals surface area contributed by atoms with Gasteiger partial charge >= 0.3 is 0 Å². The number of ether oxygens (including phenoxy) is 1. The van der Waals surface area contributed by atoms with Crippen molar-refractivity contribution < 1.29 is 13.9 Å². The van der Waals surface area contributed by atoms with Gasteiger partial charge in [-0.05, 0) is 67.9 Å². The van der Waals surface area contributed by atoms with Crippen molar-refractivity contribution in [2.45, 2.75) is 18.9 Å². The quantitative estimate of drug-likeness (QED) is 0.513. The minimum Gasteiger partial charge on any atom is -0.489 e. The third-order valence-electron chi connectivity index (χ3n) is 5.93. The maximum Gasteiger partial charge on any atom is 0.224 e. The van der Waals surface area contributed by atoms with E-state index < -0.39 is 0 Å². The Morgan fingerprint density at radius 3 is 2.52 bits per heavy atom. The number of para-hydroxylation sites is 1. The van der Waals surface area contributed by atoms with E-state index >= 15 is 0 Å². The number of piperidine rings is 1. The van der Waals surface area contributed by atoms with Crippen LogP contribution in [0.2, 0.25) is 5.02 Å². The molecule has 1 fully saturated rings. The molecule has 0 spiro atoms. The molecule has 5 nitrogen and oxygen atoms in total. The van der Waals surface area contributed by atoms with E-state index in [2.05, 4.69) is 15.2 Å². The van der Waals surface area contributed by atoms with Gasteiger partial charge in [-0.1, -0.05) is 41.9 Å². The summed E-state index contributed by atoms with van der Waals surface area (Å²) in [5.74, 6) is -0.110. The molecule has 0 radical (unpaired) electrons. The Balaban J connectivity index is 1.30. The molecule has 1 amide bonds. The highest BCUT2D eigenvalue weighted by molar-refractivity contribution is 6.30. The molecule has 3 aromatic rings. The first-order valence-corrected chi connectivity index (χ1v) is 11.5. The molecule has 0 unspecified atom stereocenters. The van der Waals surface area contributed by atoms with Crippen molar-refractivity contribution in [2.75, 3.05) is 26.2 Å². The van der Waals surface area contributed by atoms with Crippen LogP contribution in [-0.2, 0) is 4.79 Å². The first-order chi connectivity index (χ1) is 16.1. The van der Waals surface area contributed by atoms with Crippen LogP contribution in [0.1, 0.15) is 30.1 Å². The second-order valence-corrected chi connectivity index (χ2v) is 8.58. The van der Waals surface area contributed by atoms with Gasteiger partial charge in [0.05, 0.1) is 11.7 Å². The number of aromatic nitrogens is 1. The average molecular weight is 468 g/mol. The summed E-state index contributed by atoms with van der Waals surface area (Å²) >= 11 is 6.05. The molecule has 0 bridgehead atoms. The minimum atomic E-state index is -0.351. The van der Waals surface area contributed by atoms with Gasteiger partial charge in [-0.15, -0.1) is 0 Å². The number of carbonyl (C=O) groups excluding carboxylic acids is 1. The molecule has 172 valence electrons. The van der Waals surface area contributed by atoms with E-state index in [1.165, 1.54) is 6.07 Å². The van der Waals surface area contributed by atoms with Crippen molar-refractivity contribution in [3.8, 4) is 5.75 Å². The number of benzene rings is 2. The van der Waals surface area contributed by atoms with Crippen molar-refractivity contribution in [1.29, 1.82) is 0 Å². The summed E-state index contributed by atoms with van der Waals surface area (Å²) in [6.45, 7) is 2.71. The third kappa shape index (κ3) is 6.30. The highest BCUT2D eigenvalue weighted by atomic mass is 35.5. The van der Waals surface area contributed by atoms with Crippen LogP contribution in [-0.4, -0.2) is 42.0 Å². The smallest absolute Gasteiger partial charge is 0.224 e. The number of nitrogens with zero attached hydrogens (tertiary/aromatic N) is 2. The minimum absolute atomic E-state index is 0.0304. The molecule has 1 atom stereocenters. The number of halogens is 2. The molecule has 0 aliphatic carbocycles. The van der Waals surface area contributed by atoms with E-state index in [9.17, 15) is 9.18 Å². The SMILES string of the molecule is O=C(N[C@@H](c1ccc(Cl)cc1)c1ccccn1)C1CCN(CCOc2ccccc2F)CC1. The first kappa shape index (κ1) is 23.2. The Morgan fingerprint density at radius 2 is 1.82 bits per heavy atom. The Hall–Kier alpha value is -2.96. The van der Waals surface area contributed by atoms with Gasteiger partial charge in [0.25, 0.3) is 0 Å². The fraction of sp³-hybridized carbons (Fsp3) is 0.308. The van der Waals surface area contributed by atoms with Crippen LogP contribution < -0.4 is 10.1 Å². The molecular formula is C26H27ClFN3O2. The number of nitrogens with one attached hydrogen (secondary N) is 1. The predicted octanol–water partition coefficient (Wildman–Crippen LogP) is 4.87.